The number of halogens is 3. The number of anilines is 1. The number of allylic oxidation sites excluding steroid dienone is 3. The molecule has 4 aliphatic rings. The van der Waals surface area contributed by atoms with Crippen molar-refractivity contribution < 1.29 is 27.6 Å². The SMILES string of the molecule is O=C1C2=C(CCCC2)C(=O)[C@H]2CC=C3c4ccccc4N(C(=O)C(F)(F)F)[C@H]3[C@@H]12. The number of carbonyl (C=O) groups excluding carboxylic acids is 3. The Morgan fingerprint density at radius 2 is 1.66 bits per heavy atom. The van der Waals surface area contributed by atoms with Gasteiger partial charge in [-0.15, -0.1) is 0 Å². The molecular weight excluding hydrogens is 383 g/mol. The quantitative estimate of drug-likeness (QED) is 0.660. The molecule has 7 heteroatoms. The van der Waals surface area contributed by atoms with E-state index in [-0.39, 0.29) is 17.3 Å². The van der Waals surface area contributed by atoms with Gasteiger partial charge in [0.1, 0.15) is 0 Å². The Kier molecular flexibility index (Phi) is 3.89. The molecule has 0 unspecified atom stereocenters. The lowest BCUT2D eigenvalue weighted by atomic mass is 9.63. The highest BCUT2D eigenvalue weighted by atomic mass is 19.4. The van der Waals surface area contributed by atoms with Crippen LogP contribution in [-0.4, -0.2) is 29.7 Å². The number of hydrogen-bond donors (Lipinski definition) is 0. The fourth-order valence-electron chi connectivity index (χ4n) is 5.42. The summed E-state index contributed by atoms with van der Waals surface area (Å²) in [5, 5.41) is 0. The molecule has 3 atom stereocenters. The molecule has 0 N–H and O–H groups in total. The monoisotopic (exact) mass is 401 g/mol. The Labute approximate surface area is 165 Å². The zero-order valence-corrected chi connectivity index (χ0v) is 15.5. The Hall–Kier alpha value is -2.70. The highest BCUT2D eigenvalue weighted by molar-refractivity contribution is 6.18. The number of hydrogen-bond acceptors (Lipinski definition) is 3. The number of alkyl halides is 3. The lowest BCUT2D eigenvalue weighted by Crippen LogP contribution is -2.55. The summed E-state index contributed by atoms with van der Waals surface area (Å²) in [5.41, 5.74) is 2.25. The van der Waals surface area contributed by atoms with E-state index in [1.807, 2.05) is 0 Å². The average molecular weight is 401 g/mol. The van der Waals surface area contributed by atoms with Gasteiger partial charge >= 0.3 is 12.1 Å². The third kappa shape index (κ3) is 2.49. The van der Waals surface area contributed by atoms with Gasteiger partial charge < -0.3 is 0 Å². The van der Waals surface area contributed by atoms with E-state index in [1.54, 1.807) is 24.3 Å². The highest BCUT2D eigenvalue weighted by Gasteiger charge is 2.57. The van der Waals surface area contributed by atoms with Crippen molar-refractivity contribution in [1.82, 2.24) is 0 Å². The third-order valence-corrected chi connectivity index (χ3v) is 6.60. The van der Waals surface area contributed by atoms with Crippen LogP contribution in [0.4, 0.5) is 18.9 Å². The molecule has 0 saturated heterocycles. The Balaban J connectivity index is 1.68. The topological polar surface area (TPSA) is 54.5 Å². The number of para-hydroxylation sites is 1. The number of Topliss-reactive ketones (excluding diaryl/α,β-unsaturated/α-hetero) is 2. The minimum atomic E-state index is -5.08. The number of nitrogens with zero attached hydrogens (tertiary/aromatic N) is 1. The largest absolute Gasteiger partial charge is 0.471 e. The van der Waals surface area contributed by atoms with Crippen molar-refractivity contribution in [2.45, 2.75) is 44.3 Å². The van der Waals surface area contributed by atoms with Crippen molar-refractivity contribution in [3.63, 3.8) is 0 Å². The van der Waals surface area contributed by atoms with Gasteiger partial charge in [-0.3, -0.25) is 19.3 Å². The van der Waals surface area contributed by atoms with Crippen LogP contribution in [0.2, 0.25) is 0 Å². The molecule has 0 spiro atoms. The predicted molar refractivity (Wildman–Crippen MR) is 98.9 cm³/mol. The van der Waals surface area contributed by atoms with Gasteiger partial charge in [-0.05, 0) is 43.7 Å². The summed E-state index contributed by atoms with van der Waals surface area (Å²) < 4.78 is 40.3. The van der Waals surface area contributed by atoms with E-state index in [2.05, 4.69) is 0 Å². The maximum absolute atomic E-state index is 13.4. The first-order valence-electron chi connectivity index (χ1n) is 9.81. The minimum Gasteiger partial charge on any atom is -0.296 e. The number of ketones is 2. The number of carbonyl (C=O) groups is 3. The normalized spacial score (nSPS) is 28.4. The van der Waals surface area contributed by atoms with Gasteiger partial charge in [0.05, 0.1) is 17.6 Å². The van der Waals surface area contributed by atoms with Crippen molar-refractivity contribution >= 4 is 28.7 Å². The lowest BCUT2D eigenvalue weighted by molar-refractivity contribution is -0.171. The van der Waals surface area contributed by atoms with Gasteiger partial charge in [0, 0.05) is 22.6 Å². The Bertz CT molecular complexity index is 1020. The standard InChI is InChI=1S/C22H18F3NO3/c23-22(24,25)21(29)26-16-8-4-3-5-11(16)12-9-10-15-17(18(12)26)20(28)14-7-2-1-6-13(14)19(15)27/h3-5,8-9,15,17-18H,1-2,6-7,10H2/t15-,17-,18+/m0/s1. The summed E-state index contributed by atoms with van der Waals surface area (Å²) in [6.07, 6.45) is -0.372. The first-order chi connectivity index (χ1) is 13.8. The summed E-state index contributed by atoms with van der Waals surface area (Å²) in [7, 11) is 0. The summed E-state index contributed by atoms with van der Waals surface area (Å²) in [6, 6.07) is 5.31. The van der Waals surface area contributed by atoms with E-state index >= 15 is 0 Å². The van der Waals surface area contributed by atoms with Gasteiger partial charge in [0.2, 0.25) is 0 Å². The van der Waals surface area contributed by atoms with E-state index in [9.17, 15) is 27.6 Å². The molecule has 0 saturated carbocycles. The van der Waals surface area contributed by atoms with Crippen molar-refractivity contribution in [3.05, 3.63) is 47.1 Å². The van der Waals surface area contributed by atoms with E-state index in [1.165, 1.54) is 6.07 Å². The van der Waals surface area contributed by atoms with Gasteiger partial charge in [0.25, 0.3) is 0 Å². The van der Waals surface area contributed by atoms with Crippen LogP contribution in [0.1, 0.15) is 37.7 Å². The second-order valence-corrected chi connectivity index (χ2v) is 8.06. The molecule has 3 aliphatic carbocycles. The molecule has 29 heavy (non-hydrogen) atoms. The molecule has 0 fully saturated rings. The van der Waals surface area contributed by atoms with Crippen molar-refractivity contribution in [1.29, 1.82) is 0 Å². The highest BCUT2D eigenvalue weighted by Crippen LogP contribution is 2.52. The first kappa shape index (κ1) is 18.3. The number of rotatable bonds is 0. The van der Waals surface area contributed by atoms with Crippen LogP contribution in [0.3, 0.4) is 0 Å². The second kappa shape index (κ2) is 6.15. The van der Waals surface area contributed by atoms with Gasteiger partial charge in [0.15, 0.2) is 11.6 Å². The fraction of sp³-hybridized carbons (Fsp3) is 0.409. The molecule has 0 radical (unpaired) electrons. The van der Waals surface area contributed by atoms with Crippen LogP contribution in [0.15, 0.2) is 41.5 Å². The zero-order valence-electron chi connectivity index (χ0n) is 15.5. The average Bonchev–Trinajstić information content (AvgIpc) is 3.04. The smallest absolute Gasteiger partial charge is 0.296 e. The van der Waals surface area contributed by atoms with Crippen LogP contribution in [0.5, 0.6) is 0 Å². The molecule has 1 heterocycles. The number of benzene rings is 1. The van der Waals surface area contributed by atoms with Gasteiger partial charge in [-0.2, -0.15) is 13.2 Å². The van der Waals surface area contributed by atoms with Crippen LogP contribution in [-0.2, 0) is 14.4 Å². The molecule has 5 rings (SSSR count). The maximum Gasteiger partial charge on any atom is 0.471 e. The first-order valence-corrected chi connectivity index (χ1v) is 9.81. The molecule has 1 amide bonds. The van der Waals surface area contributed by atoms with E-state index < -0.39 is 30.0 Å². The summed E-state index contributed by atoms with van der Waals surface area (Å²) in [4.78, 5) is 39.6. The molecule has 0 aromatic heterocycles. The number of amides is 1. The summed E-state index contributed by atoms with van der Waals surface area (Å²) >= 11 is 0. The summed E-state index contributed by atoms with van der Waals surface area (Å²) in [6.45, 7) is 0. The molecule has 4 nitrogen and oxygen atoms in total. The summed E-state index contributed by atoms with van der Waals surface area (Å²) in [5.74, 6) is -4.05. The molecular formula is C22H18F3NO3. The van der Waals surface area contributed by atoms with Crippen LogP contribution in [0, 0.1) is 11.8 Å². The molecule has 1 aromatic carbocycles. The van der Waals surface area contributed by atoms with Crippen LogP contribution < -0.4 is 4.90 Å². The van der Waals surface area contributed by atoms with Crippen LogP contribution >= 0.6 is 0 Å². The molecule has 1 aromatic rings. The second-order valence-electron chi connectivity index (χ2n) is 8.06. The number of fused-ring (bicyclic) bond motifs is 5. The minimum absolute atomic E-state index is 0.130. The van der Waals surface area contributed by atoms with E-state index in [0.717, 1.165) is 12.8 Å². The van der Waals surface area contributed by atoms with E-state index in [4.69, 9.17) is 0 Å². The Morgan fingerprint density at radius 1 is 1.00 bits per heavy atom. The molecule has 150 valence electrons. The lowest BCUT2D eigenvalue weighted by Gasteiger charge is -2.42. The van der Waals surface area contributed by atoms with Crippen molar-refractivity contribution in [2.24, 2.45) is 11.8 Å². The molecule has 1 aliphatic heterocycles. The predicted octanol–water partition coefficient (Wildman–Crippen LogP) is 4.01. The van der Waals surface area contributed by atoms with E-state index in [0.29, 0.717) is 46.4 Å². The van der Waals surface area contributed by atoms with Gasteiger partial charge in [-0.25, -0.2) is 0 Å². The maximum atomic E-state index is 13.4. The zero-order chi connectivity index (χ0) is 20.5. The fourth-order valence-corrected chi connectivity index (χ4v) is 5.42. The Morgan fingerprint density at radius 3 is 2.34 bits per heavy atom. The van der Waals surface area contributed by atoms with Crippen LogP contribution in [0.25, 0.3) is 5.57 Å². The molecule has 0 bridgehead atoms. The van der Waals surface area contributed by atoms with Gasteiger partial charge in [-0.1, -0.05) is 24.3 Å². The third-order valence-electron chi connectivity index (χ3n) is 6.60. The van der Waals surface area contributed by atoms with Crippen molar-refractivity contribution in [2.75, 3.05) is 4.90 Å². The van der Waals surface area contributed by atoms with Crippen molar-refractivity contribution in [3.8, 4) is 0 Å².